The highest BCUT2D eigenvalue weighted by molar-refractivity contribution is 6.32. The second-order valence-corrected chi connectivity index (χ2v) is 9.52. The predicted octanol–water partition coefficient (Wildman–Crippen LogP) is 8.81. The van der Waals surface area contributed by atoms with Gasteiger partial charge >= 0.3 is 0 Å². The summed E-state index contributed by atoms with van der Waals surface area (Å²) >= 11 is 12.6. The summed E-state index contributed by atoms with van der Waals surface area (Å²) in [5.74, 6) is 0.351. The Labute approximate surface area is 221 Å². The van der Waals surface area contributed by atoms with Gasteiger partial charge < -0.3 is 10.2 Å². The Balaban J connectivity index is 1.50. The van der Waals surface area contributed by atoms with Crippen LogP contribution >= 0.6 is 23.2 Å². The van der Waals surface area contributed by atoms with Crippen LogP contribution in [0.3, 0.4) is 0 Å². The number of hydrogen-bond acceptors (Lipinski definition) is 4. The average molecular weight is 517 g/mol. The highest BCUT2D eigenvalue weighted by atomic mass is 35.5. The van der Waals surface area contributed by atoms with Crippen LogP contribution < -0.4 is 0 Å². The largest absolute Gasteiger partial charge is 0.507 e. The summed E-state index contributed by atoms with van der Waals surface area (Å²) in [5, 5.41) is 21.9. The van der Waals surface area contributed by atoms with Gasteiger partial charge in [-0.15, -0.1) is 0 Å². The smallest absolute Gasteiger partial charge is 0.127 e. The van der Waals surface area contributed by atoms with Crippen LogP contribution in [0.2, 0.25) is 10.0 Å². The SMILES string of the molecule is Cc1cc(Cl)c(C)c(C=Nc2ccc(-c3ccc(N=Cc4c(O)cc(C)c(Cl)c4C)cc3)cc2)c1O. The molecule has 0 fully saturated rings. The number of aryl methyl sites for hydroxylation is 2. The Hall–Kier alpha value is -3.60. The number of nitrogens with zero attached hydrogens (tertiary/aromatic N) is 2. The van der Waals surface area contributed by atoms with E-state index in [0.717, 1.165) is 39.2 Å². The van der Waals surface area contributed by atoms with Crippen molar-refractivity contribution in [2.24, 2.45) is 9.98 Å². The summed E-state index contributed by atoms with van der Waals surface area (Å²) < 4.78 is 0. The molecule has 4 nitrogen and oxygen atoms in total. The van der Waals surface area contributed by atoms with Gasteiger partial charge in [0.2, 0.25) is 0 Å². The average Bonchev–Trinajstić information content (AvgIpc) is 2.87. The quantitative estimate of drug-likeness (QED) is 0.260. The number of rotatable bonds is 5. The fourth-order valence-electron chi connectivity index (χ4n) is 3.92. The third-order valence-electron chi connectivity index (χ3n) is 6.20. The standard InChI is InChI=1S/C30H26Cl2N2O2/c1-17-14-28(35)25(20(4)29(17)32)15-33-23-9-5-21(6-10-23)22-7-11-24(12-8-22)34-16-26-19(3)27(31)13-18(2)30(26)36/h5-16,35-36H,1-4H3. The van der Waals surface area contributed by atoms with Gasteiger partial charge in [-0.2, -0.15) is 0 Å². The van der Waals surface area contributed by atoms with Gasteiger partial charge in [0.05, 0.1) is 11.4 Å². The number of benzene rings is 4. The molecule has 0 radical (unpaired) electrons. The highest BCUT2D eigenvalue weighted by Gasteiger charge is 2.11. The maximum atomic E-state index is 10.4. The molecule has 36 heavy (non-hydrogen) atoms. The lowest BCUT2D eigenvalue weighted by Gasteiger charge is -2.09. The highest BCUT2D eigenvalue weighted by Crippen LogP contribution is 2.32. The first-order valence-corrected chi connectivity index (χ1v) is 12.2. The van der Waals surface area contributed by atoms with Crippen molar-refractivity contribution in [3.8, 4) is 22.6 Å². The normalized spacial score (nSPS) is 11.6. The van der Waals surface area contributed by atoms with Crippen LogP contribution in [-0.4, -0.2) is 22.6 Å². The molecule has 0 saturated carbocycles. The molecule has 0 saturated heterocycles. The van der Waals surface area contributed by atoms with Crippen LogP contribution in [0, 0.1) is 27.7 Å². The molecule has 0 heterocycles. The van der Waals surface area contributed by atoms with Crippen molar-refractivity contribution in [3.05, 3.63) is 104 Å². The van der Waals surface area contributed by atoms with E-state index in [9.17, 15) is 10.2 Å². The Morgan fingerprint density at radius 1 is 0.639 bits per heavy atom. The summed E-state index contributed by atoms with van der Waals surface area (Å²) in [6.07, 6.45) is 3.28. The summed E-state index contributed by atoms with van der Waals surface area (Å²) in [6, 6.07) is 19.1. The van der Waals surface area contributed by atoms with Crippen molar-refractivity contribution in [1.29, 1.82) is 0 Å². The van der Waals surface area contributed by atoms with Crippen LogP contribution in [0.15, 0.2) is 70.6 Å². The third kappa shape index (κ3) is 5.30. The molecule has 182 valence electrons. The van der Waals surface area contributed by atoms with E-state index in [1.807, 2.05) is 76.2 Å². The fraction of sp³-hybridized carbons (Fsp3) is 0.133. The molecule has 0 amide bonds. The zero-order valence-corrected chi connectivity index (χ0v) is 22.0. The zero-order valence-electron chi connectivity index (χ0n) is 20.5. The van der Waals surface area contributed by atoms with Gasteiger partial charge in [-0.25, -0.2) is 0 Å². The van der Waals surface area contributed by atoms with Crippen LogP contribution in [0.5, 0.6) is 11.5 Å². The number of phenolic OH excluding ortho intramolecular Hbond substituents is 2. The Bertz CT molecular complexity index is 1460. The maximum absolute atomic E-state index is 10.4. The Morgan fingerprint density at radius 2 is 1.14 bits per heavy atom. The number of phenols is 2. The molecule has 0 spiro atoms. The molecular weight excluding hydrogens is 491 g/mol. The first-order valence-electron chi connectivity index (χ1n) is 11.4. The first kappa shape index (κ1) is 25.5. The van der Waals surface area contributed by atoms with Crippen molar-refractivity contribution < 1.29 is 10.2 Å². The number of aromatic hydroxyl groups is 2. The molecular formula is C30H26Cl2N2O2. The maximum Gasteiger partial charge on any atom is 0.127 e. The lowest BCUT2D eigenvalue weighted by Crippen LogP contribution is -1.92. The van der Waals surface area contributed by atoms with Gasteiger partial charge in [0.15, 0.2) is 0 Å². The van der Waals surface area contributed by atoms with Gasteiger partial charge in [0.1, 0.15) is 11.5 Å². The van der Waals surface area contributed by atoms with E-state index in [2.05, 4.69) is 9.98 Å². The van der Waals surface area contributed by atoms with E-state index in [1.165, 1.54) is 0 Å². The number of hydrogen-bond donors (Lipinski definition) is 2. The molecule has 4 aromatic carbocycles. The second-order valence-electron chi connectivity index (χ2n) is 8.74. The molecule has 4 rings (SSSR count). The minimum absolute atomic E-state index is 0.161. The lowest BCUT2D eigenvalue weighted by molar-refractivity contribution is 0.469. The van der Waals surface area contributed by atoms with Crippen molar-refractivity contribution >= 4 is 47.0 Å². The topological polar surface area (TPSA) is 65.2 Å². The van der Waals surface area contributed by atoms with Crippen molar-refractivity contribution in [1.82, 2.24) is 0 Å². The number of halogens is 2. The summed E-state index contributed by atoms with van der Waals surface area (Å²) in [4.78, 5) is 9.02. The molecule has 0 aliphatic heterocycles. The van der Waals surface area contributed by atoms with Crippen molar-refractivity contribution in [2.45, 2.75) is 27.7 Å². The molecule has 0 aliphatic rings. The predicted molar refractivity (Wildman–Crippen MR) is 152 cm³/mol. The molecule has 0 aliphatic carbocycles. The van der Waals surface area contributed by atoms with E-state index in [1.54, 1.807) is 24.6 Å². The minimum Gasteiger partial charge on any atom is -0.507 e. The molecule has 0 unspecified atom stereocenters. The Morgan fingerprint density at radius 3 is 1.67 bits per heavy atom. The molecule has 6 heteroatoms. The molecule has 4 aromatic rings. The van der Waals surface area contributed by atoms with E-state index >= 15 is 0 Å². The fourth-order valence-corrected chi connectivity index (χ4v) is 4.34. The van der Waals surface area contributed by atoms with Gasteiger partial charge in [-0.1, -0.05) is 47.5 Å². The van der Waals surface area contributed by atoms with E-state index in [0.29, 0.717) is 26.7 Å². The molecule has 0 aromatic heterocycles. The monoisotopic (exact) mass is 516 g/mol. The molecule has 0 bridgehead atoms. The molecule has 0 atom stereocenters. The van der Waals surface area contributed by atoms with Crippen LogP contribution in [0.1, 0.15) is 33.4 Å². The van der Waals surface area contributed by atoms with Crippen LogP contribution in [-0.2, 0) is 0 Å². The van der Waals surface area contributed by atoms with Gasteiger partial charge in [0.25, 0.3) is 0 Å². The lowest BCUT2D eigenvalue weighted by atomic mass is 10.0. The zero-order chi connectivity index (χ0) is 26.0. The molecule has 2 N–H and O–H groups in total. The van der Waals surface area contributed by atoms with Gasteiger partial charge in [-0.3, -0.25) is 9.98 Å². The second kappa shape index (κ2) is 10.6. The third-order valence-corrected chi connectivity index (χ3v) is 7.17. The van der Waals surface area contributed by atoms with Crippen LogP contribution in [0.4, 0.5) is 11.4 Å². The number of aliphatic imine (C=N–C) groups is 2. The first-order chi connectivity index (χ1) is 17.2. The van der Waals surface area contributed by atoms with Crippen molar-refractivity contribution in [2.75, 3.05) is 0 Å². The minimum atomic E-state index is 0.161. The summed E-state index contributed by atoms with van der Waals surface area (Å²) in [6.45, 7) is 7.40. The van der Waals surface area contributed by atoms with E-state index in [4.69, 9.17) is 23.2 Å². The van der Waals surface area contributed by atoms with Crippen LogP contribution in [0.25, 0.3) is 11.1 Å². The summed E-state index contributed by atoms with van der Waals surface area (Å²) in [7, 11) is 0. The van der Waals surface area contributed by atoms with Crippen molar-refractivity contribution in [3.63, 3.8) is 0 Å². The van der Waals surface area contributed by atoms with Gasteiger partial charge in [0, 0.05) is 33.6 Å². The Kier molecular flexibility index (Phi) is 7.48. The van der Waals surface area contributed by atoms with E-state index in [-0.39, 0.29) is 11.5 Å². The van der Waals surface area contributed by atoms with E-state index < -0.39 is 0 Å². The van der Waals surface area contributed by atoms with Gasteiger partial charge in [-0.05, 0) is 97.5 Å². The summed E-state index contributed by atoms with van der Waals surface area (Å²) in [5.41, 5.74) is 7.99.